The Morgan fingerprint density at radius 3 is 2.21 bits per heavy atom. The van der Waals surface area contributed by atoms with Gasteiger partial charge in [0, 0.05) is 6.61 Å². The van der Waals surface area contributed by atoms with E-state index >= 15 is 0 Å². The van der Waals surface area contributed by atoms with Crippen LogP contribution in [0.5, 0.6) is 0 Å². The Morgan fingerprint density at radius 1 is 1.06 bits per heavy atom. The molecule has 3 atom stereocenters. The molecule has 0 spiro atoms. The number of hydrogen-bond acceptors (Lipinski definition) is 4. The third-order valence-electron chi connectivity index (χ3n) is 6.42. The number of hydrogen-bond donors (Lipinski definition) is 2. The van der Waals surface area contributed by atoms with Crippen LogP contribution in [0.1, 0.15) is 52.9 Å². The summed E-state index contributed by atoms with van der Waals surface area (Å²) in [5.74, 6) is 6.04. The largest absolute Gasteiger partial charge is 0.396 e. The first kappa shape index (κ1) is 25.7. The van der Waals surface area contributed by atoms with Gasteiger partial charge in [0.2, 0.25) is 0 Å². The molecule has 1 heterocycles. The molecule has 33 heavy (non-hydrogen) atoms. The molecule has 0 radical (unpaired) electrons. The van der Waals surface area contributed by atoms with Gasteiger partial charge < -0.3 is 19.4 Å². The SMILES string of the molecule is CC(C)(C)[Si](OCC#CC(O)CCC[C@H]1OCCC[C@@H]1O)(c1ccccc1)c1ccccc1. The Kier molecular flexibility index (Phi) is 9.31. The normalized spacial score (nSPS) is 20.0. The maximum Gasteiger partial charge on any atom is 0.262 e. The van der Waals surface area contributed by atoms with E-state index < -0.39 is 14.4 Å². The molecule has 0 saturated carbocycles. The molecule has 0 aliphatic carbocycles. The highest BCUT2D eigenvalue weighted by Crippen LogP contribution is 2.36. The Balaban J connectivity index is 1.67. The third-order valence-corrected chi connectivity index (χ3v) is 11.4. The van der Waals surface area contributed by atoms with Crippen LogP contribution in [0, 0.1) is 11.8 Å². The molecule has 3 rings (SSSR count). The fraction of sp³-hybridized carbons (Fsp3) is 0.500. The summed E-state index contributed by atoms with van der Waals surface area (Å²) in [5, 5.41) is 22.7. The maximum atomic E-state index is 10.3. The van der Waals surface area contributed by atoms with Crippen molar-refractivity contribution in [2.75, 3.05) is 13.2 Å². The molecular formula is C28H38O4Si. The summed E-state index contributed by atoms with van der Waals surface area (Å²) < 4.78 is 12.4. The third kappa shape index (κ3) is 6.56. The average molecular weight is 467 g/mol. The number of benzene rings is 2. The van der Waals surface area contributed by atoms with Gasteiger partial charge in [0.1, 0.15) is 6.10 Å². The van der Waals surface area contributed by atoms with Gasteiger partial charge in [0.05, 0.1) is 18.8 Å². The minimum absolute atomic E-state index is 0.100. The van der Waals surface area contributed by atoms with Crippen LogP contribution in [0.15, 0.2) is 60.7 Å². The summed E-state index contributed by atoms with van der Waals surface area (Å²) in [5.41, 5.74) is 0. The second kappa shape index (κ2) is 12.0. The highest BCUT2D eigenvalue weighted by atomic mass is 28.4. The molecule has 0 amide bonds. The van der Waals surface area contributed by atoms with Crippen molar-refractivity contribution in [1.29, 1.82) is 0 Å². The molecule has 1 aliphatic heterocycles. The second-order valence-corrected chi connectivity index (χ2v) is 14.1. The number of aliphatic hydroxyl groups excluding tert-OH is 2. The van der Waals surface area contributed by atoms with Crippen molar-refractivity contribution in [2.45, 2.75) is 76.2 Å². The minimum atomic E-state index is -2.61. The molecule has 4 nitrogen and oxygen atoms in total. The van der Waals surface area contributed by atoms with E-state index in [4.69, 9.17) is 9.16 Å². The molecule has 1 saturated heterocycles. The topological polar surface area (TPSA) is 58.9 Å². The van der Waals surface area contributed by atoms with Crippen LogP contribution in [-0.2, 0) is 9.16 Å². The van der Waals surface area contributed by atoms with Gasteiger partial charge in [-0.3, -0.25) is 0 Å². The summed E-state index contributed by atoms with van der Waals surface area (Å²) in [6.45, 7) is 7.70. The van der Waals surface area contributed by atoms with E-state index in [1.54, 1.807) is 0 Å². The van der Waals surface area contributed by atoms with Gasteiger partial charge in [-0.2, -0.15) is 0 Å². The van der Waals surface area contributed by atoms with Crippen molar-refractivity contribution in [2.24, 2.45) is 0 Å². The van der Waals surface area contributed by atoms with E-state index in [9.17, 15) is 10.2 Å². The lowest BCUT2D eigenvalue weighted by Crippen LogP contribution is -2.66. The van der Waals surface area contributed by atoms with Crippen LogP contribution in [-0.4, -0.2) is 50.1 Å². The van der Waals surface area contributed by atoms with Gasteiger partial charge in [-0.05, 0) is 47.5 Å². The van der Waals surface area contributed by atoms with Gasteiger partial charge in [-0.15, -0.1) is 0 Å². The van der Waals surface area contributed by atoms with E-state index in [2.05, 4.69) is 81.1 Å². The van der Waals surface area contributed by atoms with E-state index in [0.29, 0.717) is 13.0 Å². The predicted molar refractivity (Wildman–Crippen MR) is 136 cm³/mol. The van der Waals surface area contributed by atoms with Gasteiger partial charge in [-0.1, -0.05) is 93.3 Å². The van der Waals surface area contributed by atoms with Gasteiger partial charge >= 0.3 is 0 Å². The maximum absolute atomic E-state index is 10.3. The summed E-state index contributed by atoms with van der Waals surface area (Å²) >= 11 is 0. The van der Waals surface area contributed by atoms with Crippen LogP contribution in [0.2, 0.25) is 5.04 Å². The zero-order chi connectivity index (χ0) is 23.7. The highest BCUT2D eigenvalue weighted by Gasteiger charge is 2.49. The molecule has 1 fully saturated rings. The van der Waals surface area contributed by atoms with Gasteiger partial charge in [-0.25, -0.2) is 0 Å². The molecule has 0 aromatic heterocycles. The van der Waals surface area contributed by atoms with Crippen molar-refractivity contribution in [3.8, 4) is 11.8 Å². The highest BCUT2D eigenvalue weighted by molar-refractivity contribution is 6.99. The Morgan fingerprint density at radius 2 is 1.67 bits per heavy atom. The fourth-order valence-corrected chi connectivity index (χ4v) is 9.19. The lowest BCUT2D eigenvalue weighted by molar-refractivity contribution is -0.0780. The molecule has 0 bridgehead atoms. The molecule has 178 valence electrons. The Labute approximate surface area is 200 Å². The van der Waals surface area contributed by atoms with Gasteiger partial charge in [0.15, 0.2) is 0 Å². The van der Waals surface area contributed by atoms with E-state index in [-0.39, 0.29) is 23.9 Å². The van der Waals surface area contributed by atoms with Crippen LogP contribution >= 0.6 is 0 Å². The summed E-state index contributed by atoms with van der Waals surface area (Å²) in [6.07, 6.45) is 2.60. The predicted octanol–water partition coefficient (Wildman–Crippen LogP) is 3.64. The first-order valence-electron chi connectivity index (χ1n) is 12.1. The summed E-state index contributed by atoms with van der Waals surface area (Å²) in [6, 6.07) is 21.0. The van der Waals surface area contributed by atoms with Crippen molar-refractivity contribution in [1.82, 2.24) is 0 Å². The molecule has 5 heteroatoms. The smallest absolute Gasteiger partial charge is 0.262 e. The summed E-state index contributed by atoms with van der Waals surface area (Å²) in [7, 11) is -2.61. The summed E-state index contributed by atoms with van der Waals surface area (Å²) in [4.78, 5) is 0. The molecular weight excluding hydrogens is 428 g/mol. The molecule has 1 unspecified atom stereocenters. The number of ether oxygens (including phenoxy) is 1. The van der Waals surface area contributed by atoms with E-state index in [1.807, 2.05) is 12.1 Å². The first-order valence-corrected chi connectivity index (χ1v) is 14.0. The van der Waals surface area contributed by atoms with Crippen LogP contribution < -0.4 is 10.4 Å². The van der Waals surface area contributed by atoms with Crippen LogP contribution in [0.3, 0.4) is 0 Å². The van der Waals surface area contributed by atoms with Crippen LogP contribution in [0.4, 0.5) is 0 Å². The Bertz CT molecular complexity index is 859. The fourth-order valence-electron chi connectivity index (χ4n) is 4.75. The molecule has 2 aromatic carbocycles. The monoisotopic (exact) mass is 466 g/mol. The Hall–Kier alpha value is -1.94. The number of rotatable bonds is 8. The molecule has 1 aliphatic rings. The van der Waals surface area contributed by atoms with E-state index in [0.717, 1.165) is 25.7 Å². The van der Waals surface area contributed by atoms with Crippen molar-refractivity contribution < 1.29 is 19.4 Å². The van der Waals surface area contributed by atoms with Crippen molar-refractivity contribution in [3.63, 3.8) is 0 Å². The second-order valence-electron chi connectivity index (χ2n) is 9.84. The molecule has 2 aromatic rings. The lowest BCUT2D eigenvalue weighted by atomic mass is 9.99. The number of aliphatic hydroxyl groups is 2. The molecule has 2 N–H and O–H groups in total. The standard InChI is InChI=1S/C28H38O4Si/c1-28(2,3)33(24-15-6-4-7-16-24,25-17-8-5-9-18-25)32-22-11-14-23(29)13-10-20-27-26(30)19-12-21-31-27/h4-9,15-18,23,26-27,29-30H,10,12-13,19-22H2,1-3H3/t23?,26-,27+/m0/s1. The first-order chi connectivity index (χ1) is 15.8. The van der Waals surface area contributed by atoms with E-state index in [1.165, 1.54) is 10.4 Å². The minimum Gasteiger partial charge on any atom is -0.396 e. The van der Waals surface area contributed by atoms with Gasteiger partial charge in [0.25, 0.3) is 8.32 Å². The van der Waals surface area contributed by atoms with Crippen molar-refractivity contribution >= 4 is 18.7 Å². The zero-order valence-corrected chi connectivity index (χ0v) is 21.2. The average Bonchev–Trinajstić information content (AvgIpc) is 2.81. The lowest BCUT2D eigenvalue weighted by Gasteiger charge is -2.42. The van der Waals surface area contributed by atoms with Crippen molar-refractivity contribution in [3.05, 3.63) is 60.7 Å². The zero-order valence-electron chi connectivity index (χ0n) is 20.2. The van der Waals surface area contributed by atoms with Crippen LogP contribution in [0.25, 0.3) is 0 Å². The quantitative estimate of drug-likeness (QED) is 0.461.